The molecule has 1 N–H and O–H groups in total. The molecule has 0 radical (unpaired) electrons. The van der Waals surface area contributed by atoms with E-state index in [1.54, 1.807) is 17.4 Å². The molecule has 5 heteroatoms. The Kier molecular flexibility index (Phi) is 3.10. The first kappa shape index (κ1) is 11.6. The summed E-state index contributed by atoms with van der Waals surface area (Å²) in [6, 6.07) is 9.38. The molecule has 0 spiro atoms. The lowest BCUT2D eigenvalue weighted by atomic mass is 10.1. The highest BCUT2D eigenvalue weighted by Gasteiger charge is 2.21. The lowest BCUT2D eigenvalue weighted by molar-refractivity contribution is 0.206. The third kappa shape index (κ3) is 2.54. The van der Waals surface area contributed by atoms with E-state index in [0.717, 1.165) is 23.4 Å². The molecule has 0 saturated heterocycles. The molecule has 0 fully saturated rings. The number of urea groups is 1. The van der Waals surface area contributed by atoms with Gasteiger partial charge >= 0.3 is 6.03 Å². The van der Waals surface area contributed by atoms with Gasteiger partial charge in [-0.05, 0) is 12.1 Å². The minimum atomic E-state index is -0.0827. The zero-order chi connectivity index (χ0) is 13.1. The quantitative estimate of drug-likeness (QED) is 0.847. The highest BCUT2D eigenvalue weighted by atomic mass is 16.2. The van der Waals surface area contributed by atoms with Crippen molar-refractivity contribution >= 4 is 11.7 Å². The van der Waals surface area contributed by atoms with E-state index in [1.807, 2.05) is 30.3 Å². The minimum Gasteiger partial charge on any atom is -0.320 e. The molecule has 2 amide bonds. The van der Waals surface area contributed by atoms with E-state index in [2.05, 4.69) is 15.3 Å². The number of nitrogens with one attached hydrogen (secondary N) is 1. The Hall–Kier alpha value is -2.43. The van der Waals surface area contributed by atoms with Crippen molar-refractivity contribution in [3.05, 3.63) is 54.1 Å². The summed E-state index contributed by atoms with van der Waals surface area (Å²) >= 11 is 0. The second-order valence-corrected chi connectivity index (χ2v) is 4.46. The molecule has 1 aromatic heterocycles. The number of hydrogen-bond acceptors (Lipinski definition) is 3. The third-order valence-corrected chi connectivity index (χ3v) is 3.17. The standard InChI is InChI=1S/C14H14N4O/c19-14(17-12-4-2-1-3-5-12)18-7-6-13-11(9-18)8-15-10-16-13/h1-5,8,10H,6-7,9H2,(H,17,19). The van der Waals surface area contributed by atoms with Gasteiger partial charge in [0.15, 0.2) is 0 Å². The molecule has 96 valence electrons. The third-order valence-electron chi connectivity index (χ3n) is 3.17. The Balaban J connectivity index is 1.70. The summed E-state index contributed by atoms with van der Waals surface area (Å²) in [4.78, 5) is 22.2. The highest BCUT2D eigenvalue weighted by Crippen LogP contribution is 2.16. The zero-order valence-corrected chi connectivity index (χ0v) is 10.4. The molecule has 0 unspecified atom stereocenters. The molecule has 1 aliphatic rings. The molecule has 0 saturated carbocycles. The largest absolute Gasteiger partial charge is 0.322 e. The van der Waals surface area contributed by atoms with Crippen LogP contribution in [0.4, 0.5) is 10.5 Å². The van der Waals surface area contributed by atoms with Gasteiger partial charge in [0.1, 0.15) is 6.33 Å². The molecule has 1 aromatic carbocycles. The maximum absolute atomic E-state index is 12.2. The Bertz CT molecular complexity index is 585. The Morgan fingerprint density at radius 2 is 2.11 bits per heavy atom. The number of fused-ring (bicyclic) bond motifs is 1. The minimum absolute atomic E-state index is 0.0827. The molecule has 1 aliphatic heterocycles. The van der Waals surface area contributed by atoms with Gasteiger partial charge in [0.05, 0.1) is 12.2 Å². The summed E-state index contributed by atoms with van der Waals surface area (Å²) < 4.78 is 0. The van der Waals surface area contributed by atoms with Crippen molar-refractivity contribution in [2.75, 3.05) is 11.9 Å². The molecule has 2 aromatic rings. The van der Waals surface area contributed by atoms with Crippen molar-refractivity contribution in [2.45, 2.75) is 13.0 Å². The van der Waals surface area contributed by atoms with Crippen molar-refractivity contribution in [2.24, 2.45) is 0 Å². The number of carbonyl (C=O) groups excluding carboxylic acids is 1. The molecule has 3 rings (SSSR count). The SMILES string of the molecule is O=C(Nc1ccccc1)N1CCc2ncncc2C1. The summed E-state index contributed by atoms with van der Waals surface area (Å²) in [5.41, 5.74) is 2.87. The van der Waals surface area contributed by atoms with E-state index >= 15 is 0 Å². The van der Waals surface area contributed by atoms with E-state index in [0.29, 0.717) is 13.1 Å². The molecule has 0 atom stereocenters. The Morgan fingerprint density at radius 1 is 1.26 bits per heavy atom. The van der Waals surface area contributed by atoms with Gasteiger partial charge in [-0.2, -0.15) is 0 Å². The number of carbonyl (C=O) groups is 1. The van der Waals surface area contributed by atoms with Gasteiger partial charge in [-0.3, -0.25) is 0 Å². The summed E-state index contributed by atoms with van der Waals surface area (Å²) in [7, 11) is 0. The molecule has 2 heterocycles. The Labute approximate surface area is 111 Å². The van der Waals surface area contributed by atoms with Crippen LogP contribution in [0.2, 0.25) is 0 Å². The zero-order valence-electron chi connectivity index (χ0n) is 10.4. The summed E-state index contributed by atoms with van der Waals surface area (Å²) in [6.07, 6.45) is 4.11. The van der Waals surface area contributed by atoms with Gasteiger partial charge in [-0.15, -0.1) is 0 Å². The van der Waals surface area contributed by atoms with E-state index in [9.17, 15) is 4.79 Å². The average molecular weight is 254 g/mol. The van der Waals surface area contributed by atoms with Crippen molar-refractivity contribution in [1.82, 2.24) is 14.9 Å². The average Bonchev–Trinajstić information content (AvgIpc) is 2.48. The predicted molar refractivity (Wildman–Crippen MR) is 71.6 cm³/mol. The van der Waals surface area contributed by atoms with Gasteiger partial charge in [-0.1, -0.05) is 18.2 Å². The second kappa shape index (κ2) is 5.06. The van der Waals surface area contributed by atoms with Crippen molar-refractivity contribution in [3.63, 3.8) is 0 Å². The van der Waals surface area contributed by atoms with Crippen LogP contribution in [-0.2, 0) is 13.0 Å². The smallest absolute Gasteiger partial charge is 0.320 e. The highest BCUT2D eigenvalue weighted by molar-refractivity contribution is 5.89. The number of amides is 2. The van der Waals surface area contributed by atoms with E-state index < -0.39 is 0 Å². The van der Waals surface area contributed by atoms with Gasteiger partial charge < -0.3 is 10.2 Å². The second-order valence-electron chi connectivity index (χ2n) is 4.46. The van der Waals surface area contributed by atoms with E-state index in [4.69, 9.17) is 0 Å². The lowest BCUT2D eigenvalue weighted by Gasteiger charge is -2.27. The first-order valence-electron chi connectivity index (χ1n) is 6.21. The van der Waals surface area contributed by atoms with Crippen molar-refractivity contribution in [3.8, 4) is 0 Å². The maximum Gasteiger partial charge on any atom is 0.322 e. The van der Waals surface area contributed by atoms with E-state index in [-0.39, 0.29) is 6.03 Å². The number of anilines is 1. The summed E-state index contributed by atoms with van der Waals surface area (Å²) in [5, 5.41) is 2.89. The van der Waals surface area contributed by atoms with Crippen LogP contribution < -0.4 is 5.32 Å². The monoisotopic (exact) mass is 254 g/mol. The van der Waals surface area contributed by atoms with E-state index in [1.165, 1.54) is 0 Å². The summed E-state index contributed by atoms with van der Waals surface area (Å²) in [5.74, 6) is 0. The first-order chi connectivity index (χ1) is 9.33. The van der Waals surface area contributed by atoms with Gasteiger partial charge in [0.25, 0.3) is 0 Å². The van der Waals surface area contributed by atoms with Crippen LogP contribution in [0.15, 0.2) is 42.9 Å². The fraction of sp³-hybridized carbons (Fsp3) is 0.214. The van der Waals surface area contributed by atoms with Crippen LogP contribution in [0.5, 0.6) is 0 Å². The first-order valence-corrected chi connectivity index (χ1v) is 6.21. The molecule has 19 heavy (non-hydrogen) atoms. The van der Waals surface area contributed by atoms with Gasteiger partial charge in [-0.25, -0.2) is 14.8 Å². The normalized spacial score (nSPS) is 13.8. The van der Waals surface area contributed by atoms with Crippen LogP contribution in [0.25, 0.3) is 0 Å². The van der Waals surface area contributed by atoms with Crippen molar-refractivity contribution < 1.29 is 4.79 Å². The summed E-state index contributed by atoms with van der Waals surface area (Å²) in [6.45, 7) is 1.25. The topological polar surface area (TPSA) is 58.1 Å². The number of aromatic nitrogens is 2. The fourth-order valence-electron chi connectivity index (χ4n) is 2.16. The predicted octanol–water partition coefficient (Wildman–Crippen LogP) is 2.07. The fourth-order valence-corrected chi connectivity index (χ4v) is 2.16. The van der Waals surface area contributed by atoms with Crippen molar-refractivity contribution in [1.29, 1.82) is 0 Å². The number of rotatable bonds is 1. The van der Waals surface area contributed by atoms with Gasteiger partial charge in [0, 0.05) is 30.4 Å². The number of nitrogens with zero attached hydrogens (tertiary/aromatic N) is 3. The maximum atomic E-state index is 12.2. The van der Waals surface area contributed by atoms with Crippen LogP contribution in [0, 0.1) is 0 Å². The van der Waals surface area contributed by atoms with Crippen LogP contribution in [-0.4, -0.2) is 27.4 Å². The lowest BCUT2D eigenvalue weighted by Crippen LogP contribution is -2.39. The molecule has 5 nitrogen and oxygen atoms in total. The van der Waals surface area contributed by atoms with Crippen LogP contribution in [0.1, 0.15) is 11.3 Å². The van der Waals surface area contributed by atoms with Crippen LogP contribution >= 0.6 is 0 Å². The van der Waals surface area contributed by atoms with Gasteiger partial charge in [0.2, 0.25) is 0 Å². The molecule has 0 aliphatic carbocycles. The number of benzene rings is 1. The molecule has 0 bridgehead atoms. The number of para-hydroxylation sites is 1. The Morgan fingerprint density at radius 3 is 2.95 bits per heavy atom. The van der Waals surface area contributed by atoms with Crippen LogP contribution in [0.3, 0.4) is 0 Å². The molecular formula is C14H14N4O. The number of hydrogen-bond donors (Lipinski definition) is 1. The molecular weight excluding hydrogens is 240 g/mol.